The molecule has 1 fully saturated rings. The van der Waals surface area contributed by atoms with Crippen LogP contribution in [0.25, 0.3) is 0 Å². The molecule has 0 radical (unpaired) electrons. The van der Waals surface area contributed by atoms with Crippen molar-refractivity contribution >= 4 is 54.0 Å². The molecule has 4 N–H and O–H groups in total. The molecule has 0 unspecified atom stereocenters. The number of hydrogen-bond acceptors (Lipinski definition) is 20. The molecule has 0 aromatic rings. The van der Waals surface area contributed by atoms with Gasteiger partial charge in [0, 0.05) is 52.4 Å². The average molecular weight is 1000 g/mol. The zero-order valence-corrected chi connectivity index (χ0v) is 42.7. The first-order chi connectivity index (χ1) is 30.4. The molecule has 4 amide bonds. The maximum atomic E-state index is 13.3. The lowest BCUT2D eigenvalue weighted by Crippen LogP contribution is -2.51. The van der Waals surface area contributed by atoms with E-state index in [-0.39, 0.29) is 157 Å². The molecule has 0 atom stereocenters. The summed E-state index contributed by atoms with van der Waals surface area (Å²) in [4.78, 5) is 60.6. The molecule has 376 valence electrons. The minimum Gasteiger partial charge on any atom is -0.343 e. The van der Waals surface area contributed by atoms with Gasteiger partial charge in [-0.3, -0.25) is 57.0 Å². The fraction of sp³-hybridized carbons (Fsp3) is 0.889. The van der Waals surface area contributed by atoms with Crippen LogP contribution in [0.15, 0.2) is 0 Å². The van der Waals surface area contributed by atoms with E-state index in [9.17, 15) is 37.4 Å². The third-order valence-corrected chi connectivity index (χ3v) is 16.3. The van der Waals surface area contributed by atoms with Gasteiger partial charge in [-0.2, -0.15) is 0 Å². The lowest BCUT2D eigenvalue weighted by molar-refractivity contribution is -0.124. The maximum absolute atomic E-state index is 13.3. The molecule has 0 aromatic carbocycles. The van der Waals surface area contributed by atoms with E-state index in [2.05, 4.69) is 21.3 Å². The average Bonchev–Trinajstić information content (AvgIpc) is 3.22. The Morgan fingerprint density at radius 1 is 0.328 bits per heavy atom. The molecule has 0 aromatic heterocycles. The van der Waals surface area contributed by atoms with E-state index in [1.807, 2.05) is 19.6 Å². The highest BCUT2D eigenvalue weighted by Gasteiger charge is 2.30. The minimum atomic E-state index is -3.60. The van der Waals surface area contributed by atoms with E-state index >= 15 is 0 Å². The molecule has 1 aliphatic heterocycles. The SMILES string of the molecule is CCOP(=O)(CNC(=O)CN1CCN(CC(=O)NCP(=O)(OCC)OCC)CCN(CC(=O)NCP(=O)(OCC)OCC)CCN(CC(=O)NCP(=O)(OCC)OCC)CC1)OCC. The van der Waals surface area contributed by atoms with Gasteiger partial charge in [0.15, 0.2) is 0 Å². The van der Waals surface area contributed by atoms with Gasteiger partial charge in [-0.25, -0.2) is 0 Å². The molecule has 28 heteroatoms. The van der Waals surface area contributed by atoms with Crippen molar-refractivity contribution < 1.29 is 73.6 Å². The third-order valence-electron chi connectivity index (χ3n) is 8.88. The normalized spacial score (nSPS) is 16.1. The standard InChI is InChI=1S/C36H76N8O16P4/c1-9-53-61(49,54-10-2)29-37-33(45)25-41-17-19-42(26-34(46)38-30-62(50,55-11-3)56-12-4)21-23-44(28-36(48)40-32-64(52,59-15-7)60-16-8)24-22-43(20-18-41)27-35(47)39-31-63(51,57-13-5)58-14-6/h9-32H2,1-8H3,(H,37,45)(H,38,46)(H,39,47)(H,40,48). The molecule has 1 aliphatic rings. The van der Waals surface area contributed by atoms with Crippen molar-refractivity contribution in [3.05, 3.63) is 0 Å². The Bertz CT molecular complexity index is 1310. The van der Waals surface area contributed by atoms with Crippen molar-refractivity contribution in [3.8, 4) is 0 Å². The molecule has 1 rings (SSSR count). The summed E-state index contributed by atoms with van der Waals surface area (Å²) in [6.45, 7) is 15.5. The van der Waals surface area contributed by atoms with E-state index < -0.39 is 54.0 Å². The van der Waals surface area contributed by atoms with Gasteiger partial charge in [-0.15, -0.1) is 0 Å². The van der Waals surface area contributed by atoms with Crippen molar-refractivity contribution in [1.82, 2.24) is 40.9 Å². The van der Waals surface area contributed by atoms with Crippen molar-refractivity contribution in [1.29, 1.82) is 0 Å². The zero-order valence-electron chi connectivity index (χ0n) is 39.1. The number of hydrogen-bond donors (Lipinski definition) is 4. The molecule has 1 heterocycles. The van der Waals surface area contributed by atoms with Crippen molar-refractivity contribution in [2.75, 3.05) is 157 Å². The monoisotopic (exact) mass is 1000 g/mol. The zero-order chi connectivity index (χ0) is 48.1. The quantitative estimate of drug-likeness (QED) is 0.0705. The fourth-order valence-corrected chi connectivity index (χ4v) is 11.7. The first-order valence-corrected chi connectivity index (χ1v) is 28.8. The fourth-order valence-electron chi connectivity index (χ4n) is 6.07. The lowest BCUT2D eigenvalue weighted by Gasteiger charge is -2.33. The molecule has 64 heavy (non-hydrogen) atoms. The second kappa shape index (κ2) is 32.9. The van der Waals surface area contributed by atoms with Crippen LogP contribution in [0.3, 0.4) is 0 Å². The smallest absolute Gasteiger partial charge is 0.343 e. The first kappa shape index (κ1) is 60.3. The van der Waals surface area contributed by atoms with Gasteiger partial charge in [0.2, 0.25) is 23.6 Å². The molecule has 1 saturated heterocycles. The van der Waals surface area contributed by atoms with E-state index in [0.717, 1.165) is 0 Å². The van der Waals surface area contributed by atoms with Gasteiger partial charge in [0.25, 0.3) is 0 Å². The Morgan fingerprint density at radius 3 is 0.594 bits per heavy atom. The highest BCUT2D eigenvalue weighted by Crippen LogP contribution is 2.48. The van der Waals surface area contributed by atoms with Gasteiger partial charge in [-0.1, -0.05) is 0 Å². The number of rotatable bonds is 32. The van der Waals surface area contributed by atoms with Gasteiger partial charge in [0.1, 0.15) is 25.1 Å². The molecule has 24 nitrogen and oxygen atoms in total. The summed E-state index contributed by atoms with van der Waals surface area (Å²) in [5, 5.41) is 10.6. The highest BCUT2D eigenvalue weighted by molar-refractivity contribution is 7.54. The highest BCUT2D eigenvalue weighted by atomic mass is 31.2. The summed E-state index contributed by atoms with van der Waals surface area (Å²) in [5.41, 5.74) is 0. The summed E-state index contributed by atoms with van der Waals surface area (Å²) in [5.74, 6) is -1.89. The Balaban J connectivity index is 3.46. The largest absolute Gasteiger partial charge is 0.349 e. The number of carbonyl (C=O) groups is 4. The maximum Gasteiger partial charge on any atom is 0.349 e. The van der Waals surface area contributed by atoms with Crippen LogP contribution in [0, 0.1) is 0 Å². The number of nitrogens with one attached hydrogen (secondary N) is 4. The predicted molar refractivity (Wildman–Crippen MR) is 241 cm³/mol. The summed E-state index contributed by atoms with van der Waals surface area (Å²) in [7, 11) is -14.4. The summed E-state index contributed by atoms with van der Waals surface area (Å²) >= 11 is 0. The van der Waals surface area contributed by atoms with E-state index in [0.29, 0.717) is 0 Å². The van der Waals surface area contributed by atoms with Crippen LogP contribution >= 0.6 is 30.4 Å². The van der Waals surface area contributed by atoms with Gasteiger partial charge < -0.3 is 57.5 Å². The first-order valence-electron chi connectivity index (χ1n) is 21.9. The van der Waals surface area contributed by atoms with Gasteiger partial charge >= 0.3 is 30.4 Å². The Hall–Kier alpha value is -1.68. The van der Waals surface area contributed by atoms with Crippen molar-refractivity contribution in [2.24, 2.45) is 0 Å². The Labute approximate surface area is 379 Å². The second-order valence-electron chi connectivity index (χ2n) is 13.9. The van der Waals surface area contributed by atoms with Crippen molar-refractivity contribution in [3.63, 3.8) is 0 Å². The second-order valence-corrected chi connectivity index (χ2v) is 22.1. The van der Waals surface area contributed by atoms with Crippen LogP contribution in [0.1, 0.15) is 55.4 Å². The van der Waals surface area contributed by atoms with Crippen LogP contribution in [-0.2, 0) is 73.6 Å². The molecule has 0 bridgehead atoms. The molecule has 0 aliphatic carbocycles. The van der Waals surface area contributed by atoms with E-state index in [1.54, 1.807) is 55.4 Å². The van der Waals surface area contributed by atoms with Crippen LogP contribution in [-0.4, -0.2) is 200 Å². The van der Waals surface area contributed by atoms with Crippen LogP contribution in [0.5, 0.6) is 0 Å². The van der Waals surface area contributed by atoms with Crippen LogP contribution in [0.2, 0.25) is 0 Å². The molecular weight excluding hydrogens is 924 g/mol. The number of carbonyl (C=O) groups excluding carboxylic acids is 4. The number of amides is 4. The molecular formula is C36H76N8O16P4. The van der Waals surface area contributed by atoms with Crippen molar-refractivity contribution in [2.45, 2.75) is 55.4 Å². The predicted octanol–water partition coefficient (Wildman–Crippen LogP) is 2.57. The third kappa shape index (κ3) is 26.0. The van der Waals surface area contributed by atoms with E-state index in [4.69, 9.17) is 36.2 Å². The van der Waals surface area contributed by atoms with Gasteiger partial charge in [-0.05, 0) is 55.4 Å². The van der Waals surface area contributed by atoms with E-state index in [1.165, 1.54) is 0 Å². The Morgan fingerprint density at radius 2 is 0.469 bits per heavy atom. The summed E-state index contributed by atoms with van der Waals surface area (Å²) < 4.78 is 94.9. The summed E-state index contributed by atoms with van der Waals surface area (Å²) in [6.07, 6.45) is -1.39. The van der Waals surface area contributed by atoms with Crippen LogP contribution < -0.4 is 21.3 Å². The topological polar surface area (TPSA) is 271 Å². The Kier molecular flexibility index (Phi) is 31.0. The lowest BCUT2D eigenvalue weighted by atomic mass is 10.3. The minimum absolute atomic E-state index is 0.113. The van der Waals surface area contributed by atoms with Crippen LogP contribution in [0.4, 0.5) is 0 Å². The summed E-state index contributed by atoms with van der Waals surface area (Å²) in [6, 6.07) is 0. The van der Waals surface area contributed by atoms with Gasteiger partial charge in [0.05, 0.1) is 79.0 Å². The molecule has 0 saturated carbocycles. The number of nitrogens with zero attached hydrogens (tertiary/aromatic N) is 4. The molecule has 0 spiro atoms.